The van der Waals surface area contributed by atoms with Gasteiger partial charge in [0, 0.05) is 22.8 Å². The van der Waals surface area contributed by atoms with Gasteiger partial charge in [-0.05, 0) is 43.3 Å². The maximum atomic E-state index is 9.80. The van der Waals surface area contributed by atoms with Gasteiger partial charge in [0.2, 0.25) is 5.88 Å². The zero-order chi connectivity index (χ0) is 15.5. The van der Waals surface area contributed by atoms with Gasteiger partial charge in [0.05, 0.1) is 5.69 Å². The van der Waals surface area contributed by atoms with E-state index in [1.165, 1.54) is 0 Å². The van der Waals surface area contributed by atoms with Crippen LogP contribution in [0.2, 0.25) is 5.02 Å². The summed E-state index contributed by atoms with van der Waals surface area (Å²) >= 11 is 5.87. The van der Waals surface area contributed by atoms with Crippen molar-refractivity contribution in [2.75, 3.05) is 0 Å². The van der Waals surface area contributed by atoms with Crippen molar-refractivity contribution in [2.24, 2.45) is 0 Å². The van der Waals surface area contributed by atoms with Crippen molar-refractivity contribution in [3.8, 4) is 17.3 Å². The van der Waals surface area contributed by atoms with Gasteiger partial charge in [0.1, 0.15) is 12.4 Å². The number of halogens is 1. The summed E-state index contributed by atoms with van der Waals surface area (Å²) < 4.78 is 7.35. The molecule has 0 aliphatic rings. The van der Waals surface area contributed by atoms with E-state index in [1.54, 1.807) is 16.8 Å². The zero-order valence-corrected chi connectivity index (χ0v) is 12.8. The highest BCUT2D eigenvalue weighted by atomic mass is 35.5. The van der Waals surface area contributed by atoms with Crippen LogP contribution in [-0.2, 0) is 6.61 Å². The van der Waals surface area contributed by atoms with E-state index in [0.29, 0.717) is 10.9 Å². The van der Waals surface area contributed by atoms with Crippen molar-refractivity contribution >= 4 is 11.6 Å². The van der Waals surface area contributed by atoms with Crippen molar-refractivity contribution in [3.63, 3.8) is 0 Å². The summed E-state index contributed by atoms with van der Waals surface area (Å²) in [6.45, 7) is 2.24. The minimum Gasteiger partial charge on any atom is -0.508 e. The van der Waals surface area contributed by atoms with Crippen LogP contribution < -0.4 is 4.74 Å². The summed E-state index contributed by atoms with van der Waals surface area (Å²) in [5, 5.41) is 14.8. The number of ether oxygens (including phenoxy) is 1. The second-order valence-electron chi connectivity index (χ2n) is 5.00. The molecule has 0 saturated carbocycles. The molecule has 0 aliphatic carbocycles. The Bertz CT molecular complexity index is 782. The van der Waals surface area contributed by atoms with Crippen LogP contribution in [0.25, 0.3) is 5.69 Å². The summed E-state index contributed by atoms with van der Waals surface area (Å²) in [6.07, 6.45) is 1.81. The van der Waals surface area contributed by atoms with E-state index >= 15 is 0 Å². The van der Waals surface area contributed by atoms with Gasteiger partial charge >= 0.3 is 0 Å². The van der Waals surface area contributed by atoms with E-state index in [2.05, 4.69) is 5.10 Å². The Hall–Kier alpha value is -2.46. The normalized spacial score (nSPS) is 10.6. The molecular weight excluding hydrogens is 300 g/mol. The average Bonchev–Trinajstić information content (AvgIpc) is 2.98. The quantitative estimate of drug-likeness (QED) is 0.788. The third kappa shape index (κ3) is 3.23. The number of aryl methyl sites for hydroxylation is 1. The van der Waals surface area contributed by atoms with Crippen molar-refractivity contribution in [1.82, 2.24) is 9.78 Å². The number of phenolic OH excluding ortho intramolecular Hbond substituents is 1. The first-order chi connectivity index (χ1) is 10.6. The van der Waals surface area contributed by atoms with E-state index in [-0.39, 0.29) is 12.4 Å². The lowest BCUT2D eigenvalue weighted by atomic mass is 10.1. The molecule has 0 bridgehead atoms. The Balaban J connectivity index is 1.72. The van der Waals surface area contributed by atoms with Gasteiger partial charge in [0.15, 0.2) is 0 Å². The van der Waals surface area contributed by atoms with E-state index in [0.717, 1.165) is 16.8 Å². The van der Waals surface area contributed by atoms with E-state index in [1.807, 2.05) is 49.5 Å². The van der Waals surface area contributed by atoms with E-state index in [4.69, 9.17) is 16.3 Å². The van der Waals surface area contributed by atoms with Crippen LogP contribution in [0.3, 0.4) is 0 Å². The topological polar surface area (TPSA) is 47.3 Å². The van der Waals surface area contributed by atoms with Gasteiger partial charge in [-0.25, -0.2) is 4.68 Å². The predicted octanol–water partition coefficient (Wildman–Crippen LogP) is 4.12. The fourth-order valence-electron chi connectivity index (χ4n) is 2.10. The first kappa shape index (κ1) is 14.5. The molecule has 1 N–H and O–H groups in total. The first-order valence-corrected chi connectivity index (χ1v) is 7.22. The highest BCUT2D eigenvalue weighted by molar-refractivity contribution is 6.30. The molecule has 0 saturated heterocycles. The number of aromatic nitrogens is 2. The summed E-state index contributed by atoms with van der Waals surface area (Å²) in [5.41, 5.74) is 2.71. The smallest absolute Gasteiger partial charge is 0.233 e. The Morgan fingerprint density at radius 3 is 2.68 bits per heavy atom. The highest BCUT2D eigenvalue weighted by Crippen LogP contribution is 2.21. The molecule has 0 spiro atoms. The first-order valence-electron chi connectivity index (χ1n) is 6.85. The molecule has 22 heavy (non-hydrogen) atoms. The second kappa shape index (κ2) is 6.12. The lowest BCUT2D eigenvalue weighted by molar-refractivity contribution is 0.285. The summed E-state index contributed by atoms with van der Waals surface area (Å²) in [4.78, 5) is 0. The molecular formula is C17H15ClN2O2. The number of rotatable bonds is 4. The van der Waals surface area contributed by atoms with Crippen LogP contribution in [0.1, 0.15) is 11.1 Å². The molecule has 0 fully saturated rings. The summed E-state index contributed by atoms with van der Waals surface area (Å²) in [7, 11) is 0. The van der Waals surface area contributed by atoms with Crippen LogP contribution in [-0.4, -0.2) is 14.9 Å². The molecule has 2 aromatic carbocycles. The molecule has 0 atom stereocenters. The molecule has 3 aromatic rings. The molecule has 1 heterocycles. The highest BCUT2D eigenvalue weighted by Gasteiger charge is 2.06. The van der Waals surface area contributed by atoms with Crippen molar-refractivity contribution in [2.45, 2.75) is 13.5 Å². The number of aromatic hydroxyl groups is 1. The number of benzene rings is 2. The number of hydrogen-bond donors (Lipinski definition) is 1. The van der Waals surface area contributed by atoms with Crippen LogP contribution in [0.5, 0.6) is 11.6 Å². The van der Waals surface area contributed by atoms with Gasteiger partial charge in [0.25, 0.3) is 0 Å². The number of phenols is 1. The molecule has 4 nitrogen and oxygen atoms in total. The SMILES string of the molecule is Cc1ccc(O)c(COc2ccn(-c3ccc(Cl)cc3)n2)c1. The fourth-order valence-corrected chi connectivity index (χ4v) is 2.23. The van der Waals surface area contributed by atoms with Crippen molar-refractivity contribution in [1.29, 1.82) is 0 Å². The van der Waals surface area contributed by atoms with Gasteiger partial charge in [-0.15, -0.1) is 5.10 Å². The zero-order valence-electron chi connectivity index (χ0n) is 12.0. The molecule has 0 radical (unpaired) electrons. The van der Waals surface area contributed by atoms with Crippen molar-refractivity contribution in [3.05, 3.63) is 70.9 Å². The third-order valence-electron chi connectivity index (χ3n) is 3.27. The molecule has 0 aliphatic heterocycles. The van der Waals surface area contributed by atoms with Gasteiger partial charge in [-0.3, -0.25) is 0 Å². The summed E-state index contributed by atoms with van der Waals surface area (Å²) in [6, 6.07) is 14.6. The minimum atomic E-state index is 0.225. The Labute approximate surface area is 133 Å². The monoisotopic (exact) mass is 314 g/mol. The maximum absolute atomic E-state index is 9.80. The van der Waals surface area contributed by atoms with Crippen LogP contribution in [0, 0.1) is 6.92 Å². The molecule has 112 valence electrons. The second-order valence-corrected chi connectivity index (χ2v) is 5.43. The third-order valence-corrected chi connectivity index (χ3v) is 3.52. The van der Waals surface area contributed by atoms with E-state index in [9.17, 15) is 5.11 Å². The van der Waals surface area contributed by atoms with Crippen LogP contribution in [0.15, 0.2) is 54.7 Å². The lowest BCUT2D eigenvalue weighted by Crippen LogP contribution is -1.99. The number of hydrogen-bond acceptors (Lipinski definition) is 3. The van der Waals surface area contributed by atoms with Crippen molar-refractivity contribution < 1.29 is 9.84 Å². The van der Waals surface area contributed by atoms with Gasteiger partial charge in [-0.2, -0.15) is 0 Å². The Morgan fingerprint density at radius 1 is 1.14 bits per heavy atom. The van der Waals surface area contributed by atoms with Gasteiger partial charge in [-0.1, -0.05) is 23.2 Å². The molecule has 3 rings (SSSR count). The minimum absolute atomic E-state index is 0.225. The van der Waals surface area contributed by atoms with Gasteiger partial charge < -0.3 is 9.84 Å². The molecule has 0 unspecified atom stereocenters. The molecule has 1 aromatic heterocycles. The standard InChI is InChI=1S/C17H15ClN2O2/c1-12-2-7-16(21)13(10-12)11-22-17-8-9-20(19-17)15-5-3-14(18)4-6-15/h2-10,21H,11H2,1H3. The predicted molar refractivity (Wildman–Crippen MR) is 85.7 cm³/mol. The molecule has 5 heteroatoms. The molecule has 0 amide bonds. The largest absolute Gasteiger partial charge is 0.508 e. The Kier molecular flexibility index (Phi) is 4.02. The van der Waals surface area contributed by atoms with Crippen LogP contribution >= 0.6 is 11.6 Å². The summed E-state index contributed by atoms with van der Waals surface area (Å²) in [5.74, 6) is 0.721. The fraction of sp³-hybridized carbons (Fsp3) is 0.118. The van der Waals surface area contributed by atoms with E-state index < -0.39 is 0 Å². The average molecular weight is 315 g/mol. The number of nitrogens with zero attached hydrogens (tertiary/aromatic N) is 2. The van der Waals surface area contributed by atoms with Crippen LogP contribution in [0.4, 0.5) is 0 Å². The maximum Gasteiger partial charge on any atom is 0.233 e. The lowest BCUT2D eigenvalue weighted by Gasteiger charge is -2.06. The Morgan fingerprint density at radius 2 is 1.91 bits per heavy atom.